The van der Waals surface area contributed by atoms with Crippen LogP contribution >= 0.6 is 0 Å². The topological polar surface area (TPSA) is 113 Å². The lowest BCUT2D eigenvalue weighted by molar-refractivity contribution is -0.147. The van der Waals surface area contributed by atoms with Gasteiger partial charge in [0.2, 0.25) is 0 Å². The number of hydrogen-bond acceptors (Lipinski definition) is 6. The minimum atomic E-state index is -1.51. The Labute approximate surface area is 122 Å². The van der Waals surface area contributed by atoms with Crippen molar-refractivity contribution in [3.63, 3.8) is 0 Å². The highest BCUT2D eigenvalue weighted by Gasteiger charge is 2.38. The van der Waals surface area contributed by atoms with Gasteiger partial charge in [-0.2, -0.15) is 0 Å². The molecular weight excluding hydrogens is 284 g/mol. The Morgan fingerprint density at radius 1 is 1.00 bits per heavy atom. The number of carboxylic acids is 1. The van der Waals surface area contributed by atoms with E-state index in [0.717, 1.165) is 24.0 Å². The van der Waals surface area contributed by atoms with E-state index in [4.69, 9.17) is 5.11 Å². The van der Waals surface area contributed by atoms with Crippen molar-refractivity contribution in [3.05, 3.63) is 0 Å². The smallest absolute Gasteiger partial charge is 0.329 e. The van der Waals surface area contributed by atoms with Crippen molar-refractivity contribution in [2.75, 3.05) is 34.4 Å². The Hall–Kier alpha value is -2.32. The number of hydrogen-bond donors (Lipinski definition) is 1. The first-order valence-corrected chi connectivity index (χ1v) is 5.97. The summed E-state index contributed by atoms with van der Waals surface area (Å²) in [6, 6.07) is -0.807. The summed E-state index contributed by atoms with van der Waals surface area (Å²) in [7, 11) is 3.53. The Morgan fingerprint density at radius 2 is 1.38 bits per heavy atom. The van der Waals surface area contributed by atoms with Crippen LogP contribution in [0, 0.1) is 0 Å². The molecule has 0 saturated heterocycles. The highest BCUT2D eigenvalue weighted by molar-refractivity contribution is 5.89. The number of methoxy groups -OCH3 is 2. The van der Waals surface area contributed by atoms with Crippen LogP contribution in [-0.4, -0.2) is 78.7 Å². The molecule has 0 aliphatic carbocycles. The van der Waals surface area contributed by atoms with Gasteiger partial charge in [-0.25, -0.2) is 9.59 Å². The molecule has 1 N–H and O–H groups in total. The zero-order valence-corrected chi connectivity index (χ0v) is 12.7. The molecule has 0 aliphatic rings. The molecule has 0 aromatic carbocycles. The quantitative estimate of drug-likeness (QED) is 0.661. The predicted octanol–water partition coefficient (Wildman–Crippen LogP) is -0.451. The number of urea groups is 1. The van der Waals surface area contributed by atoms with Crippen LogP contribution < -0.4 is 0 Å². The SMILES string of the molecule is COC(=O)CN(CC(=O)OC)C(=O)N(C)C(C)(C)C(=O)O. The number of aliphatic carboxylic acids is 1. The molecule has 9 heteroatoms. The van der Waals surface area contributed by atoms with E-state index in [-0.39, 0.29) is 0 Å². The summed E-state index contributed by atoms with van der Waals surface area (Å²) in [4.78, 5) is 47.8. The van der Waals surface area contributed by atoms with Gasteiger partial charge in [0.1, 0.15) is 18.6 Å². The fraction of sp³-hybridized carbons (Fsp3) is 0.667. The van der Waals surface area contributed by atoms with Gasteiger partial charge in [-0.15, -0.1) is 0 Å². The van der Waals surface area contributed by atoms with Gasteiger partial charge in [0.05, 0.1) is 14.2 Å². The van der Waals surface area contributed by atoms with Crippen LogP contribution in [0.25, 0.3) is 0 Å². The number of carbonyl (C=O) groups is 4. The first kappa shape index (κ1) is 18.7. The van der Waals surface area contributed by atoms with Gasteiger partial charge in [0, 0.05) is 7.05 Å². The molecule has 0 aromatic heterocycles. The lowest BCUT2D eigenvalue weighted by Crippen LogP contribution is -2.56. The fourth-order valence-electron chi connectivity index (χ4n) is 1.23. The molecule has 0 spiro atoms. The second kappa shape index (κ2) is 7.46. The van der Waals surface area contributed by atoms with Crippen LogP contribution in [-0.2, 0) is 23.9 Å². The van der Waals surface area contributed by atoms with Gasteiger partial charge >= 0.3 is 23.9 Å². The standard InChI is InChI=1S/C12H20N2O7/c1-12(2,10(17)18)13(3)11(19)14(6-8(15)20-4)7-9(16)21-5/h6-7H2,1-5H3,(H,17,18). The number of esters is 2. The number of ether oxygens (including phenoxy) is 2. The van der Waals surface area contributed by atoms with Crippen molar-refractivity contribution in [2.45, 2.75) is 19.4 Å². The number of carbonyl (C=O) groups excluding carboxylic acids is 3. The second-order valence-electron chi connectivity index (χ2n) is 4.71. The van der Waals surface area contributed by atoms with Gasteiger partial charge in [0.15, 0.2) is 0 Å². The maximum absolute atomic E-state index is 12.3. The number of likely N-dealkylation sites (N-methyl/N-ethyl adjacent to an activating group) is 1. The van der Waals surface area contributed by atoms with E-state index in [1.54, 1.807) is 0 Å². The first-order valence-electron chi connectivity index (χ1n) is 5.97. The molecular formula is C12H20N2O7. The Morgan fingerprint density at radius 3 is 1.67 bits per heavy atom. The van der Waals surface area contributed by atoms with Gasteiger partial charge in [-0.1, -0.05) is 0 Å². The van der Waals surface area contributed by atoms with Crippen LogP contribution in [0.15, 0.2) is 0 Å². The normalized spacial score (nSPS) is 10.5. The van der Waals surface area contributed by atoms with E-state index in [1.807, 2.05) is 0 Å². The van der Waals surface area contributed by atoms with Crippen LogP contribution in [0.2, 0.25) is 0 Å². The van der Waals surface area contributed by atoms with E-state index < -0.39 is 42.6 Å². The van der Waals surface area contributed by atoms with Crippen molar-refractivity contribution >= 4 is 23.9 Å². The van der Waals surface area contributed by atoms with E-state index in [2.05, 4.69) is 9.47 Å². The number of nitrogens with zero attached hydrogens (tertiary/aromatic N) is 2. The molecule has 0 fully saturated rings. The third kappa shape index (κ3) is 4.93. The van der Waals surface area contributed by atoms with Crippen molar-refractivity contribution in [1.29, 1.82) is 0 Å². The van der Waals surface area contributed by atoms with E-state index in [0.29, 0.717) is 0 Å². The number of rotatable bonds is 6. The van der Waals surface area contributed by atoms with E-state index in [9.17, 15) is 19.2 Å². The van der Waals surface area contributed by atoms with Gasteiger partial charge in [-0.05, 0) is 13.8 Å². The fourth-order valence-corrected chi connectivity index (χ4v) is 1.23. The molecule has 0 unspecified atom stereocenters. The number of carboxylic acid groups (broad SMARTS) is 1. The molecule has 0 heterocycles. The lowest BCUT2D eigenvalue weighted by Gasteiger charge is -2.35. The van der Waals surface area contributed by atoms with Crippen LogP contribution in [0.3, 0.4) is 0 Å². The molecule has 0 atom stereocenters. The summed E-state index contributed by atoms with van der Waals surface area (Å²) < 4.78 is 8.88. The highest BCUT2D eigenvalue weighted by Crippen LogP contribution is 2.15. The van der Waals surface area contributed by atoms with Crippen molar-refractivity contribution < 1.29 is 33.8 Å². The average molecular weight is 304 g/mol. The highest BCUT2D eigenvalue weighted by atomic mass is 16.5. The first-order chi connectivity index (χ1) is 9.57. The van der Waals surface area contributed by atoms with E-state index in [1.165, 1.54) is 20.9 Å². The second-order valence-corrected chi connectivity index (χ2v) is 4.71. The molecule has 0 rings (SSSR count). The largest absolute Gasteiger partial charge is 0.480 e. The number of amides is 2. The molecule has 0 bridgehead atoms. The van der Waals surface area contributed by atoms with Crippen molar-refractivity contribution in [2.24, 2.45) is 0 Å². The molecule has 2 amide bonds. The molecule has 0 aromatic rings. The average Bonchev–Trinajstić information content (AvgIpc) is 2.44. The van der Waals surface area contributed by atoms with Gasteiger partial charge in [-0.3, -0.25) is 9.59 Å². The summed E-state index contributed by atoms with van der Waals surface area (Å²) in [5.41, 5.74) is -1.51. The maximum atomic E-state index is 12.3. The van der Waals surface area contributed by atoms with Crippen molar-refractivity contribution in [3.8, 4) is 0 Å². The summed E-state index contributed by atoms with van der Waals surface area (Å²) in [6.07, 6.45) is 0. The molecule has 0 aliphatic heterocycles. The molecule has 9 nitrogen and oxygen atoms in total. The van der Waals surface area contributed by atoms with Crippen LogP contribution in [0.4, 0.5) is 4.79 Å². The minimum absolute atomic E-state index is 0.496. The lowest BCUT2D eigenvalue weighted by atomic mass is 10.0. The summed E-state index contributed by atoms with van der Waals surface area (Å²) >= 11 is 0. The van der Waals surface area contributed by atoms with Crippen LogP contribution in [0.5, 0.6) is 0 Å². The summed E-state index contributed by atoms with van der Waals surface area (Å²) in [5.74, 6) is -2.71. The molecule has 120 valence electrons. The molecule has 0 saturated carbocycles. The third-order valence-electron chi connectivity index (χ3n) is 3.01. The maximum Gasteiger partial charge on any atom is 0.329 e. The Kier molecular flexibility index (Phi) is 6.64. The summed E-state index contributed by atoms with van der Waals surface area (Å²) in [5, 5.41) is 9.10. The zero-order chi connectivity index (χ0) is 16.8. The minimum Gasteiger partial charge on any atom is -0.480 e. The Bertz CT molecular complexity index is 415. The van der Waals surface area contributed by atoms with Crippen LogP contribution in [0.1, 0.15) is 13.8 Å². The predicted molar refractivity (Wildman–Crippen MR) is 70.5 cm³/mol. The zero-order valence-electron chi connectivity index (χ0n) is 12.7. The Balaban J connectivity index is 5.22. The monoisotopic (exact) mass is 304 g/mol. The van der Waals surface area contributed by atoms with Gasteiger partial charge < -0.3 is 24.4 Å². The molecule has 0 radical (unpaired) electrons. The molecule has 21 heavy (non-hydrogen) atoms. The van der Waals surface area contributed by atoms with Crippen molar-refractivity contribution in [1.82, 2.24) is 9.80 Å². The summed E-state index contributed by atoms with van der Waals surface area (Å²) in [6.45, 7) is 1.65. The van der Waals surface area contributed by atoms with E-state index >= 15 is 0 Å². The van der Waals surface area contributed by atoms with Gasteiger partial charge in [0.25, 0.3) is 0 Å². The third-order valence-corrected chi connectivity index (χ3v) is 3.01.